The fourth-order valence-electron chi connectivity index (χ4n) is 1.98. The molecule has 0 saturated heterocycles. The summed E-state index contributed by atoms with van der Waals surface area (Å²) < 4.78 is -2.83. The summed E-state index contributed by atoms with van der Waals surface area (Å²) in [4.78, 5) is 42.2. The number of thiol groups is 2. The van der Waals surface area contributed by atoms with E-state index in [1.807, 2.05) is 13.8 Å². The van der Waals surface area contributed by atoms with Crippen molar-refractivity contribution in [3.05, 3.63) is 0 Å². The molecule has 12 heteroatoms. The van der Waals surface area contributed by atoms with Gasteiger partial charge in [-0.3, -0.25) is 19.2 Å². The van der Waals surface area contributed by atoms with Gasteiger partial charge in [-0.1, -0.05) is 39.5 Å². The SMILES string of the molecule is CCCCC(S)(CC(=O)O)C(=O)O.CCCCC(S)(CC(=O)O)C(=O)O.OCCO. The second-order valence-corrected chi connectivity index (χ2v) is 8.18. The molecule has 0 aliphatic rings. The third-order valence-electron chi connectivity index (χ3n) is 3.67. The Balaban J connectivity index is -0.000000412. The number of aliphatic hydroxyl groups excluding tert-OH is 2. The summed E-state index contributed by atoms with van der Waals surface area (Å²) in [6.45, 7) is 3.58. The van der Waals surface area contributed by atoms with Crippen LogP contribution in [0.25, 0.3) is 0 Å². The van der Waals surface area contributed by atoms with E-state index in [0.717, 1.165) is 12.8 Å². The van der Waals surface area contributed by atoms with Crippen molar-refractivity contribution in [1.29, 1.82) is 0 Å². The first-order valence-corrected chi connectivity index (χ1v) is 10.2. The molecule has 2 atom stereocenters. The second kappa shape index (κ2) is 18.3. The Hall–Kier alpha value is -1.50. The number of carbonyl (C=O) groups is 4. The molecule has 0 spiro atoms. The topological polar surface area (TPSA) is 190 Å². The van der Waals surface area contributed by atoms with Gasteiger partial charge in [0, 0.05) is 0 Å². The largest absolute Gasteiger partial charge is 0.481 e. The number of hydrogen-bond donors (Lipinski definition) is 8. The molecule has 0 heterocycles. The number of carboxylic acids is 4. The van der Waals surface area contributed by atoms with Crippen LogP contribution in [-0.2, 0) is 19.2 Å². The Morgan fingerprint density at radius 2 is 0.933 bits per heavy atom. The van der Waals surface area contributed by atoms with Crippen molar-refractivity contribution in [1.82, 2.24) is 0 Å². The molecule has 0 bridgehead atoms. The van der Waals surface area contributed by atoms with Gasteiger partial charge in [0.25, 0.3) is 0 Å². The lowest BCUT2D eigenvalue weighted by Gasteiger charge is -2.20. The average Bonchev–Trinajstić information content (AvgIpc) is 2.64. The van der Waals surface area contributed by atoms with Gasteiger partial charge in [0.15, 0.2) is 0 Å². The number of hydrogen-bond acceptors (Lipinski definition) is 8. The molecule has 0 radical (unpaired) electrons. The Morgan fingerprint density at radius 1 is 0.667 bits per heavy atom. The highest BCUT2D eigenvalue weighted by molar-refractivity contribution is 7.83. The zero-order chi connectivity index (χ0) is 24.4. The van der Waals surface area contributed by atoms with Gasteiger partial charge in [0.1, 0.15) is 9.49 Å². The zero-order valence-electron chi connectivity index (χ0n) is 17.3. The van der Waals surface area contributed by atoms with Crippen LogP contribution in [0, 0.1) is 0 Å². The fourth-order valence-corrected chi connectivity index (χ4v) is 2.57. The lowest BCUT2D eigenvalue weighted by Crippen LogP contribution is -2.35. The van der Waals surface area contributed by atoms with Crippen LogP contribution in [0.5, 0.6) is 0 Å². The maximum atomic E-state index is 10.7. The summed E-state index contributed by atoms with van der Waals surface area (Å²) in [5.74, 6) is -4.58. The predicted molar refractivity (Wildman–Crippen MR) is 116 cm³/mol. The summed E-state index contributed by atoms with van der Waals surface area (Å²) >= 11 is 7.81. The molecule has 0 rings (SSSR count). The predicted octanol–water partition coefficient (Wildman–Crippen LogP) is 1.78. The van der Waals surface area contributed by atoms with Crippen LogP contribution in [0.1, 0.15) is 65.2 Å². The first kappa shape index (κ1) is 33.1. The maximum Gasteiger partial charge on any atom is 0.320 e. The van der Waals surface area contributed by atoms with Crippen molar-refractivity contribution in [2.75, 3.05) is 13.2 Å². The molecular formula is C18H34O10S2. The Kier molecular flexibility index (Phi) is 20.2. The van der Waals surface area contributed by atoms with Crippen molar-refractivity contribution in [2.24, 2.45) is 0 Å². The van der Waals surface area contributed by atoms with Crippen molar-refractivity contribution < 1.29 is 49.8 Å². The first-order chi connectivity index (χ1) is 13.8. The van der Waals surface area contributed by atoms with Gasteiger partial charge in [-0.25, -0.2) is 0 Å². The van der Waals surface area contributed by atoms with Crippen LogP contribution in [0.4, 0.5) is 0 Å². The summed E-state index contributed by atoms with van der Waals surface area (Å²) in [5, 5.41) is 49.8. The van der Waals surface area contributed by atoms with Crippen LogP contribution < -0.4 is 0 Å². The lowest BCUT2D eigenvalue weighted by molar-refractivity contribution is -0.146. The normalized spacial score (nSPS) is 13.9. The summed E-state index contributed by atoms with van der Waals surface area (Å²) in [6, 6.07) is 0. The number of unbranched alkanes of at least 4 members (excludes halogenated alkanes) is 2. The van der Waals surface area contributed by atoms with E-state index in [1.54, 1.807) is 0 Å². The molecule has 0 aliphatic heterocycles. The van der Waals surface area contributed by atoms with E-state index >= 15 is 0 Å². The molecule has 0 aromatic carbocycles. The van der Waals surface area contributed by atoms with Crippen molar-refractivity contribution in [3.63, 3.8) is 0 Å². The van der Waals surface area contributed by atoms with E-state index in [1.165, 1.54) is 0 Å². The number of aliphatic hydroxyl groups is 2. The van der Waals surface area contributed by atoms with Gasteiger partial charge in [-0.05, 0) is 12.8 Å². The summed E-state index contributed by atoms with van der Waals surface area (Å²) in [6.07, 6.45) is 2.69. The minimum atomic E-state index is -1.41. The van der Waals surface area contributed by atoms with Crippen LogP contribution >= 0.6 is 25.3 Å². The summed E-state index contributed by atoms with van der Waals surface area (Å²) in [7, 11) is 0. The molecule has 10 nitrogen and oxygen atoms in total. The van der Waals surface area contributed by atoms with Crippen LogP contribution in [-0.4, -0.2) is 77.2 Å². The Morgan fingerprint density at radius 3 is 1.07 bits per heavy atom. The first-order valence-electron chi connectivity index (χ1n) is 9.33. The van der Waals surface area contributed by atoms with Gasteiger partial charge in [0.05, 0.1) is 26.1 Å². The monoisotopic (exact) mass is 474 g/mol. The molecule has 0 amide bonds. The highest BCUT2D eigenvalue weighted by Gasteiger charge is 2.37. The van der Waals surface area contributed by atoms with E-state index in [-0.39, 0.29) is 26.1 Å². The smallest absolute Gasteiger partial charge is 0.320 e. The molecule has 30 heavy (non-hydrogen) atoms. The highest BCUT2D eigenvalue weighted by atomic mass is 32.1. The van der Waals surface area contributed by atoms with E-state index in [4.69, 9.17) is 30.6 Å². The van der Waals surface area contributed by atoms with Crippen molar-refractivity contribution in [2.45, 2.75) is 74.7 Å². The molecule has 6 N–H and O–H groups in total. The minimum absolute atomic E-state index is 0.125. The average molecular weight is 475 g/mol. The highest BCUT2D eigenvalue weighted by Crippen LogP contribution is 2.27. The van der Waals surface area contributed by atoms with Gasteiger partial charge >= 0.3 is 23.9 Å². The second-order valence-electron chi connectivity index (χ2n) is 6.47. The number of aliphatic carboxylic acids is 4. The van der Waals surface area contributed by atoms with E-state index < -0.39 is 46.2 Å². The minimum Gasteiger partial charge on any atom is -0.481 e. The quantitative estimate of drug-likeness (QED) is 0.183. The van der Waals surface area contributed by atoms with Crippen LogP contribution in [0.15, 0.2) is 0 Å². The third kappa shape index (κ3) is 17.4. The van der Waals surface area contributed by atoms with Gasteiger partial charge in [-0.2, -0.15) is 25.3 Å². The van der Waals surface area contributed by atoms with Crippen molar-refractivity contribution in [3.8, 4) is 0 Å². The molecule has 2 unspecified atom stereocenters. The standard InChI is InChI=1S/2C8H14O4S.C2H6O2/c2*1-2-3-4-8(13,7(11)12)5-6(9)10;3-1-2-4/h2*13H,2-5H2,1H3,(H,9,10)(H,11,12);3-4H,1-2H2. The number of carboxylic acid groups (broad SMARTS) is 4. The molecule has 0 fully saturated rings. The maximum absolute atomic E-state index is 10.7. The van der Waals surface area contributed by atoms with Gasteiger partial charge < -0.3 is 30.6 Å². The number of rotatable bonds is 13. The van der Waals surface area contributed by atoms with Gasteiger partial charge in [-0.15, -0.1) is 0 Å². The van der Waals surface area contributed by atoms with E-state index in [2.05, 4.69) is 25.3 Å². The molecule has 0 saturated carbocycles. The Labute approximate surface area is 187 Å². The lowest BCUT2D eigenvalue weighted by atomic mass is 9.97. The molecule has 0 aliphatic carbocycles. The zero-order valence-corrected chi connectivity index (χ0v) is 19.1. The van der Waals surface area contributed by atoms with E-state index in [0.29, 0.717) is 12.8 Å². The fraction of sp³-hybridized carbons (Fsp3) is 0.778. The van der Waals surface area contributed by atoms with Crippen LogP contribution in [0.2, 0.25) is 0 Å². The molecular weight excluding hydrogens is 440 g/mol. The Bertz CT molecular complexity index is 483. The van der Waals surface area contributed by atoms with Crippen LogP contribution in [0.3, 0.4) is 0 Å². The third-order valence-corrected chi connectivity index (χ3v) is 4.82. The molecule has 0 aromatic rings. The summed E-state index contributed by atoms with van der Waals surface area (Å²) in [5.41, 5.74) is 0. The molecule has 0 aromatic heterocycles. The molecule has 178 valence electrons. The van der Waals surface area contributed by atoms with Gasteiger partial charge in [0.2, 0.25) is 0 Å². The van der Waals surface area contributed by atoms with E-state index in [9.17, 15) is 19.2 Å². The van der Waals surface area contributed by atoms with Crippen molar-refractivity contribution >= 4 is 49.1 Å².